The zero-order valence-electron chi connectivity index (χ0n) is 17.8. The number of rotatable bonds is 14. The predicted molar refractivity (Wildman–Crippen MR) is 112 cm³/mol. The van der Waals surface area contributed by atoms with Gasteiger partial charge in [-0.1, -0.05) is 66.0 Å². The van der Waals surface area contributed by atoms with Crippen molar-refractivity contribution in [1.82, 2.24) is 0 Å². The quantitative estimate of drug-likeness (QED) is 0.238. The van der Waals surface area contributed by atoms with E-state index in [9.17, 15) is 5.11 Å². The topological polar surface area (TPSA) is 58.6 Å². The molecule has 0 aliphatic heterocycles. The van der Waals surface area contributed by atoms with E-state index in [0.717, 1.165) is 19.3 Å². The van der Waals surface area contributed by atoms with Crippen LogP contribution in [0.25, 0.3) is 0 Å². The average molecular weight is 353 g/mol. The lowest BCUT2D eigenvalue weighted by Gasteiger charge is -2.38. The highest BCUT2D eigenvalue weighted by Gasteiger charge is 2.31. The fraction of sp³-hybridized carbons (Fsp3) is 0.864. The van der Waals surface area contributed by atoms with Gasteiger partial charge in [-0.3, -0.25) is 4.99 Å². The Labute approximate surface area is 157 Å². The van der Waals surface area contributed by atoms with Gasteiger partial charge in [-0.25, -0.2) is 0 Å². The summed E-state index contributed by atoms with van der Waals surface area (Å²) in [5.41, 5.74) is 6.45. The Kier molecular flexibility index (Phi) is 12.1. The van der Waals surface area contributed by atoms with E-state index < -0.39 is 0 Å². The summed E-state index contributed by atoms with van der Waals surface area (Å²) >= 11 is 0. The molecule has 2 unspecified atom stereocenters. The van der Waals surface area contributed by atoms with Crippen molar-refractivity contribution >= 4 is 5.84 Å². The number of hydrogen-bond donors (Lipinski definition) is 2. The van der Waals surface area contributed by atoms with Gasteiger partial charge in [-0.2, -0.15) is 0 Å². The van der Waals surface area contributed by atoms with E-state index >= 15 is 0 Å². The van der Waals surface area contributed by atoms with Crippen molar-refractivity contribution in [1.29, 1.82) is 0 Å². The summed E-state index contributed by atoms with van der Waals surface area (Å²) in [5.74, 6) is 0.914. The predicted octanol–water partition coefficient (Wildman–Crippen LogP) is 5.72. The molecule has 3 N–H and O–H groups in total. The molecule has 3 nitrogen and oxygen atoms in total. The van der Waals surface area contributed by atoms with E-state index in [2.05, 4.69) is 51.8 Å². The zero-order valence-corrected chi connectivity index (χ0v) is 17.8. The minimum absolute atomic E-state index is 0.224. The Hall–Kier alpha value is -0.830. The van der Waals surface area contributed by atoms with Crippen molar-refractivity contribution in [2.45, 2.75) is 92.9 Å². The molecule has 0 saturated heterocycles. The molecule has 2 atom stereocenters. The molecule has 0 amide bonds. The van der Waals surface area contributed by atoms with Gasteiger partial charge >= 0.3 is 0 Å². The van der Waals surface area contributed by atoms with E-state index in [1.807, 2.05) is 0 Å². The lowest BCUT2D eigenvalue weighted by atomic mass is 9.67. The SMILES string of the molecule is CCC(C)(CC)CC(C)(CC)CCC=CCC(CO)CCN=C(C)N. The number of hydrogen-bond acceptors (Lipinski definition) is 2. The van der Waals surface area contributed by atoms with Crippen LogP contribution in [0.3, 0.4) is 0 Å². The molecular weight excluding hydrogens is 308 g/mol. The van der Waals surface area contributed by atoms with E-state index in [4.69, 9.17) is 5.73 Å². The first-order chi connectivity index (χ1) is 11.7. The molecule has 0 aromatic rings. The van der Waals surface area contributed by atoms with Crippen molar-refractivity contribution in [3.63, 3.8) is 0 Å². The Morgan fingerprint density at radius 1 is 1.08 bits per heavy atom. The molecule has 0 bridgehead atoms. The number of nitrogens with two attached hydrogens (primary N) is 1. The number of aliphatic imine (C=N–C) groups is 1. The van der Waals surface area contributed by atoms with E-state index in [1.165, 1.54) is 32.1 Å². The third-order valence-corrected chi connectivity index (χ3v) is 6.12. The van der Waals surface area contributed by atoms with Gasteiger partial charge < -0.3 is 10.8 Å². The second-order valence-electron chi connectivity index (χ2n) is 8.46. The Bertz CT molecular complexity index is 395. The van der Waals surface area contributed by atoms with Crippen molar-refractivity contribution in [2.24, 2.45) is 27.5 Å². The molecule has 0 saturated carbocycles. The molecule has 0 spiro atoms. The summed E-state index contributed by atoms with van der Waals surface area (Å²) in [5, 5.41) is 9.48. The van der Waals surface area contributed by atoms with Gasteiger partial charge in [0.25, 0.3) is 0 Å². The summed E-state index contributed by atoms with van der Waals surface area (Å²) in [4.78, 5) is 4.21. The second kappa shape index (κ2) is 12.5. The molecule has 0 radical (unpaired) electrons. The highest BCUT2D eigenvalue weighted by Crippen LogP contribution is 2.43. The molecule has 0 aliphatic carbocycles. The van der Waals surface area contributed by atoms with Crippen LogP contribution in [0.5, 0.6) is 0 Å². The fourth-order valence-electron chi connectivity index (χ4n) is 3.47. The molecule has 0 fully saturated rings. The van der Waals surface area contributed by atoms with Crippen LogP contribution >= 0.6 is 0 Å². The molecule has 3 heteroatoms. The zero-order chi connectivity index (χ0) is 19.3. The first-order valence-corrected chi connectivity index (χ1v) is 10.3. The van der Waals surface area contributed by atoms with Gasteiger partial charge in [0, 0.05) is 13.2 Å². The van der Waals surface area contributed by atoms with Gasteiger partial charge in [-0.15, -0.1) is 0 Å². The number of allylic oxidation sites excluding steroid dienone is 2. The summed E-state index contributed by atoms with van der Waals surface area (Å²) in [6.45, 7) is 14.6. The monoisotopic (exact) mass is 352 g/mol. The largest absolute Gasteiger partial charge is 0.396 e. The van der Waals surface area contributed by atoms with E-state index in [1.54, 1.807) is 6.92 Å². The average Bonchev–Trinajstić information content (AvgIpc) is 2.59. The molecule has 148 valence electrons. The lowest BCUT2D eigenvalue weighted by molar-refractivity contribution is 0.134. The summed E-state index contributed by atoms with van der Waals surface area (Å²) in [6.07, 6.45) is 13.8. The normalized spacial score (nSPS) is 17.0. The number of nitrogens with zero attached hydrogens (tertiary/aromatic N) is 1. The van der Waals surface area contributed by atoms with Crippen LogP contribution in [-0.2, 0) is 0 Å². The smallest absolute Gasteiger partial charge is 0.0905 e. The highest BCUT2D eigenvalue weighted by molar-refractivity contribution is 5.77. The van der Waals surface area contributed by atoms with E-state index in [-0.39, 0.29) is 6.61 Å². The van der Waals surface area contributed by atoms with E-state index in [0.29, 0.717) is 29.1 Å². The van der Waals surface area contributed by atoms with Gasteiger partial charge in [0.15, 0.2) is 0 Å². The van der Waals surface area contributed by atoms with Gasteiger partial charge in [0.05, 0.1) is 5.84 Å². The Balaban J connectivity index is 4.35. The third-order valence-electron chi connectivity index (χ3n) is 6.12. The van der Waals surface area contributed by atoms with Crippen LogP contribution in [0, 0.1) is 16.7 Å². The minimum atomic E-state index is 0.224. The maximum atomic E-state index is 9.48. The van der Waals surface area contributed by atoms with Gasteiger partial charge in [0.2, 0.25) is 0 Å². The maximum absolute atomic E-state index is 9.48. The number of aliphatic hydroxyl groups excluding tert-OH is 1. The van der Waals surface area contributed by atoms with Crippen molar-refractivity contribution < 1.29 is 5.11 Å². The Morgan fingerprint density at radius 2 is 1.68 bits per heavy atom. The molecule has 0 aromatic heterocycles. The van der Waals surface area contributed by atoms with Gasteiger partial charge in [0.1, 0.15) is 0 Å². The first kappa shape index (κ1) is 24.2. The summed E-state index contributed by atoms with van der Waals surface area (Å²) < 4.78 is 0. The molecule has 0 heterocycles. The highest BCUT2D eigenvalue weighted by atomic mass is 16.3. The summed E-state index contributed by atoms with van der Waals surface area (Å²) in [6, 6.07) is 0. The number of aliphatic hydroxyl groups is 1. The van der Waals surface area contributed by atoms with Crippen LogP contribution in [0.4, 0.5) is 0 Å². The second-order valence-corrected chi connectivity index (χ2v) is 8.46. The van der Waals surface area contributed by atoms with Crippen LogP contribution in [0.15, 0.2) is 17.1 Å². The maximum Gasteiger partial charge on any atom is 0.0905 e. The van der Waals surface area contributed by atoms with Crippen molar-refractivity contribution in [2.75, 3.05) is 13.2 Å². The molecule has 0 rings (SSSR count). The van der Waals surface area contributed by atoms with Crippen molar-refractivity contribution in [3.8, 4) is 0 Å². The first-order valence-electron chi connectivity index (χ1n) is 10.3. The number of amidine groups is 1. The van der Waals surface area contributed by atoms with Crippen molar-refractivity contribution in [3.05, 3.63) is 12.2 Å². The third kappa shape index (κ3) is 10.7. The Morgan fingerprint density at radius 3 is 2.16 bits per heavy atom. The van der Waals surface area contributed by atoms with Crippen LogP contribution < -0.4 is 5.73 Å². The lowest BCUT2D eigenvalue weighted by Crippen LogP contribution is -2.26. The molecular formula is C22H44N2O. The van der Waals surface area contributed by atoms with Gasteiger partial charge in [-0.05, 0) is 55.8 Å². The minimum Gasteiger partial charge on any atom is -0.396 e. The molecule has 0 aliphatic rings. The standard InChI is InChI=1S/C22H44N2O/c1-7-21(5,8-2)18-22(6,9-3)15-12-10-11-13-20(17-25)14-16-24-19(4)23/h10-11,20,25H,7-9,12-18H2,1-6H3,(H2,23,24). The van der Waals surface area contributed by atoms with Crippen LogP contribution in [-0.4, -0.2) is 24.1 Å². The van der Waals surface area contributed by atoms with Crippen LogP contribution in [0.1, 0.15) is 92.9 Å². The summed E-state index contributed by atoms with van der Waals surface area (Å²) in [7, 11) is 0. The molecule has 25 heavy (non-hydrogen) atoms. The molecule has 0 aromatic carbocycles. The fourth-order valence-corrected chi connectivity index (χ4v) is 3.47. The van der Waals surface area contributed by atoms with Crippen LogP contribution in [0.2, 0.25) is 0 Å².